The van der Waals surface area contributed by atoms with Gasteiger partial charge in [0.25, 0.3) is 0 Å². The van der Waals surface area contributed by atoms with Gasteiger partial charge in [-0.3, -0.25) is 9.59 Å². The Hall–Kier alpha value is -2.82. The van der Waals surface area contributed by atoms with Crippen molar-refractivity contribution in [3.05, 3.63) is 53.6 Å². The predicted molar refractivity (Wildman–Crippen MR) is 98.0 cm³/mol. The van der Waals surface area contributed by atoms with Gasteiger partial charge >= 0.3 is 0 Å². The molecule has 1 unspecified atom stereocenters. The van der Waals surface area contributed by atoms with Gasteiger partial charge in [0.15, 0.2) is 0 Å². The highest BCUT2D eigenvalue weighted by atomic mass is 16.5. The molecule has 0 radical (unpaired) electrons. The summed E-state index contributed by atoms with van der Waals surface area (Å²) < 4.78 is 5.29. The molecule has 1 atom stereocenters. The molecule has 2 amide bonds. The van der Waals surface area contributed by atoms with Crippen LogP contribution in [0.4, 0.5) is 11.4 Å². The van der Waals surface area contributed by atoms with Crippen LogP contribution in [0.3, 0.4) is 0 Å². The zero-order valence-electron chi connectivity index (χ0n) is 14.7. The maximum Gasteiger partial charge on any atom is 0.229 e. The Morgan fingerprint density at radius 1 is 1.12 bits per heavy atom. The molecule has 130 valence electrons. The SMILES string of the molecule is COc1ccc(C)cc1NC(=O)C1CC(=O)N(c2ccc(C)cc2)C1. The number of anilines is 2. The summed E-state index contributed by atoms with van der Waals surface area (Å²) in [6, 6.07) is 13.4. The van der Waals surface area contributed by atoms with Crippen LogP contribution in [0.15, 0.2) is 42.5 Å². The first-order valence-electron chi connectivity index (χ1n) is 8.30. The number of carbonyl (C=O) groups is 2. The molecule has 2 aromatic rings. The molecule has 1 aliphatic heterocycles. The molecule has 1 saturated heterocycles. The minimum Gasteiger partial charge on any atom is -0.495 e. The third-order valence-corrected chi connectivity index (χ3v) is 4.45. The van der Waals surface area contributed by atoms with Crippen molar-refractivity contribution in [2.75, 3.05) is 23.9 Å². The van der Waals surface area contributed by atoms with E-state index < -0.39 is 0 Å². The van der Waals surface area contributed by atoms with Crippen LogP contribution in [-0.4, -0.2) is 25.5 Å². The topological polar surface area (TPSA) is 58.6 Å². The van der Waals surface area contributed by atoms with E-state index in [0.717, 1.165) is 16.8 Å². The average Bonchev–Trinajstić information content (AvgIpc) is 2.98. The molecule has 1 heterocycles. The van der Waals surface area contributed by atoms with E-state index in [-0.39, 0.29) is 24.2 Å². The molecule has 5 nitrogen and oxygen atoms in total. The van der Waals surface area contributed by atoms with Gasteiger partial charge in [-0.15, -0.1) is 0 Å². The van der Waals surface area contributed by atoms with Gasteiger partial charge in [0.05, 0.1) is 18.7 Å². The van der Waals surface area contributed by atoms with Gasteiger partial charge in [-0.1, -0.05) is 23.8 Å². The Morgan fingerprint density at radius 2 is 1.80 bits per heavy atom. The minimum atomic E-state index is -0.376. The van der Waals surface area contributed by atoms with Crippen LogP contribution in [0, 0.1) is 19.8 Å². The largest absolute Gasteiger partial charge is 0.495 e. The van der Waals surface area contributed by atoms with Crippen molar-refractivity contribution in [2.24, 2.45) is 5.92 Å². The fourth-order valence-electron chi connectivity index (χ4n) is 3.01. The fraction of sp³-hybridized carbons (Fsp3) is 0.300. The lowest BCUT2D eigenvalue weighted by Crippen LogP contribution is -2.28. The standard InChI is InChI=1S/C20H22N2O3/c1-13-4-7-16(8-5-13)22-12-15(11-19(22)23)20(24)21-17-10-14(2)6-9-18(17)25-3/h4-10,15H,11-12H2,1-3H3,(H,21,24). The number of benzene rings is 2. The summed E-state index contributed by atoms with van der Waals surface area (Å²) >= 11 is 0. The second-order valence-electron chi connectivity index (χ2n) is 6.43. The number of nitrogens with zero attached hydrogens (tertiary/aromatic N) is 1. The second kappa shape index (κ2) is 6.97. The van der Waals surface area contributed by atoms with Crippen LogP contribution in [0.5, 0.6) is 5.75 Å². The van der Waals surface area contributed by atoms with Gasteiger partial charge in [0, 0.05) is 18.7 Å². The first-order valence-corrected chi connectivity index (χ1v) is 8.30. The summed E-state index contributed by atoms with van der Waals surface area (Å²) in [6.45, 7) is 4.34. The number of ether oxygens (including phenoxy) is 1. The molecule has 25 heavy (non-hydrogen) atoms. The highest BCUT2D eigenvalue weighted by Crippen LogP contribution is 2.29. The minimum absolute atomic E-state index is 0.0276. The number of aryl methyl sites for hydroxylation is 2. The smallest absolute Gasteiger partial charge is 0.229 e. The van der Waals surface area contributed by atoms with E-state index in [2.05, 4.69) is 5.32 Å². The molecule has 0 saturated carbocycles. The summed E-state index contributed by atoms with van der Waals surface area (Å²) in [7, 11) is 1.57. The van der Waals surface area contributed by atoms with Crippen LogP contribution in [0.1, 0.15) is 17.5 Å². The number of methoxy groups -OCH3 is 1. The molecule has 0 bridgehead atoms. The van der Waals surface area contributed by atoms with Crippen LogP contribution in [0.2, 0.25) is 0 Å². The summed E-state index contributed by atoms with van der Waals surface area (Å²) in [5, 5.41) is 2.90. The van der Waals surface area contributed by atoms with Crippen molar-refractivity contribution in [3.63, 3.8) is 0 Å². The van der Waals surface area contributed by atoms with E-state index in [1.165, 1.54) is 0 Å². The van der Waals surface area contributed by atoms with E-state index in [9.17, 15) is 9.59 Å². The van der Waals surface area contributed by atoms with Crippen molar-refractivity contribution in [1.82, 2.24) is 0 Å². The Morgan fingerprint density at radius 3 is 2.48 bits per heavy atom. The molecule has 2 aromatic carbocycles. The maximum atomic E-state index is 12.6. The van der Waals surface area contributed by atoms with Gasteiger partial charge < -0.3 is 15.0 Å². The van der Waals surface area contributed by atoms with Crippen LogP contribution >= 0.6 is 0 Å². The molecule has 3 rings (SSSR count). The third-order valence-electron chi connectivity index (χ3n) is 4.45. The van der Waals surface area contributed by atoms with Crippen LogP contribution < -0.4 is 15.0 Å². The summed E-state index contributed by atoms with van der Waals surface area (Å²) in [5.41, 5.74) is 3.63. The van der Waals surface area contributed by atoms with E-state index in [0.29, 0.717) is 18.0 Å². The molecule has 5 heteroatoms. The van der Waals surface area contributed by atoms with Crippen molar-refractivity contribution >= 4 is 23.2 Å². The Kier molecular flexibility index (Phi) is 4.74. The molecular formula is C20H22N2O3. The van der Waals surface area contributed by atoms with E-state index in [1.807, 2.05) is 56.3 Å². The lowest BCUT2D eigenvalue weighted by molar-refractivity contribution is -0.122. The summed E-state index contributed by atoms with van der Waals surface area (Å²) in [6.07, 6.45) is 0.216. The Labute approximate surface area is 147 Å². The molecule has 0 aliphatic carbocycles. The second-order valence-corrected chi connectivity index (χ2v) is 6.43. The monoisotopic (exact) mass is 338 g/mol. The van der Waals surface area contributed by atoms with Crippen molar-refractivity contribution in [3.8, 4) is 5.75 Å². The van der Waals surface area contributed by atoms with Gasteiger partial charge in [-0.2, -0.15) is 0 Å². The average molecular weight is 338 g/mol. The number of nitrogens with one attached hydrogen (secondary N) is 1. The molecule has 0 aromatic heterocycles. The Balaban J connectivity index is 1.73. The van der Waals surface area contributed by atoms with Gasteiger partial charge in [-0.05, 0) is 43.7 Å². The van der Waals surface area contributed by atoms with Crippen molar-refractivity contribution < 1.29 is 14.3 Å². The summed E-state index contributed by atoms with van der Waals surface area (Å²) in [4.78, 5) is 26.6. The lowest BCUT2D eigenvalue weighted by atomic mass is 10.1. The highest BCUT2D eigenvalue weighted by molar-refractivity contribution is 6.03. The van der Waals surface area contributed by atoms with Crippen LogP contribution in [-0.2, 0) is 9.59 Å². The normalized spacial score (nSPS) is 16.8. The predicted octanol–water partition coefficient (Wildman–Crippen LogP) is 3.30. The van der Waals surface area contributed by atoms with Gasteiger partial charge in [0.2, 0.25) is 11.8 Å². The van der Waals surface area contributed by atoms with Crippen LogP contribution in [0.25, 0.3) is 0 Å². The van der Waals surface area contributed by atoms with E-state index >= 15 is 0 Å². The molecule has 1 fully saturated rings. The first-order chi connectivity index (χ1) is 12.0. The highest BCUT2D eigenvalue weighted by Gasteiger charge is 2.35. The number of carbonyl (C=O) groups excluding carboxylic acids is 2. The molecule has 1 N–H and O–H groups in total. The lowest BCUT2D eigenvalue weighted by Gasteiger charge is -2.17. The Bertz CT molecular complexity index is 799. The number of hydrogen-bond acceptors (Lipinski definition) is 3. The number of rotatable bonds is 4. The maximum absolute atomic E-state index is 12.6. The molecule has 1 aliphatic rings. The van der Waals surface area contributed by atoms with Crippen molar-refractivity contribution in [1.29, 1.82) is 0 Å². The number of hydrogen-bond donors (Lipinski definition) is 1. The fourth-order valence-corrected chi connectivity index (χ4v) is 3.01. The summed E-state index contributed by atoms with van der Waals surface area (Å²) in [5.74, 6) is 0.0461. The van der Waals surface area contributed by atoms with Gasteiger partial charge in [0.1, 0.15) is 5.75 Å². The third kappa shape index (κ3) is 3.65. The van der Waals surface area contributed by atoms with Gasteiger partial charge in [-0.25, -0.2) is 0 Å². The van der Waals surface area contributed by atoms with E-state index in [4.69, 9.17) is 4.74 Å². The molecular weight excluding hydrogens is 316 g/mol. The molecule has 0 spiro atoms. The van der Waals surface area contributed by atoms with Crippen molar-refractivity contribution in [2.45, 2.75) is 20.3 Å². The van der Waals surface area contributed by atoms with E-state index in [1.54, 1.807) is 12.0 Å². The number of amides is 2. The zero-order valence-corrected chi connectivity index (χ0v) is 14.7. The quantitative estimate of drug-likeness (QED) is 0.930. The zero-order chi connectivity index (χ0) is 18.0. The first kappa shape index (κ1) is 17.0.